The van der Waals surface area contributed by atoms with E-state index in [4.69, 9.17) is 0 Å². The number of likely N-dealkylation sites (tertiary alicyclic amines) is 1. The van der Waals surface area contributed by atoms with Gasteiger partial charge in [-0.15, -0.1) is 0 Å². The van der Waals surface area contributed by atoms with Gasteiger partial charge in [0.05, 0.1) is 12.1 Å². The Balaban J connectivity index is 1.37. The molecule has 1 aliphatic carbocycles. The molecule has 29 heavy (non-hydrogen) atoms. The van der Waals surface area contributed by atoms with Crippen LogP contribution in [0, 0.1) is 11.8 Å². The van der Waals surface area contributed by atoms with Gasteiger partial charge in [-0.3, -0.25) is 4.79 Å². The summed E-state index contributed by atoms with van der Waals surface area (Å²) in [5.74, 6) is 0.781. The first-order chi connectivity index (χ1) is 14.2. The smallest absolute Gasteiger partial charge is 0.254 e. The van der Waals surface area contributed by atoms with Crippen molar-refractivity contribution in [2.45, 2.75) is 25.0 Å². The molecule has 4 atom stereocenters. The van der Waals surface area contributed by atoms with E-state index in [1.165, 1.54) is 6.33 Å². The minimum atomic E-state index is -0.454. The molecule has 1 saturated heterocycles. The maximum absolute atomic E-state index is 13.4. The minimum absolute atomic E-state index is 0.0644. The molecule has 0 spiro atoms. The summed E-state index contributed by atoms with van der Waals surface area (Å²) in [5.41, 5.74) is 2.76. The Hall–Kier alpha value is -2.99. The molecule has 1 aromatic heterocycles. The molecule has 2 heterocycles. The standard InChI is InChI=1S/C23H24N4O2/c28-22-11-18-13-26(12-17(18)10-21(22)27-15-24-14-25-27)23(29)20-9-5-4-8-19(20)16-6-2-1-3-7-16/h1-9,14-15,17-18,21-22,28H,10-13H2/t17-,18+,21-,22-/m1/s1. The van der Waals surface area contributed by atoms with Gasteiger partial charge in [-0.05, 0) is 41.9 Å². The summed E-state index contributed by atoms with van der Waals surface area (Å²) in [6.07, 6.45) is 4.23. The maximum atomic E-state index is 13.4. The van der Waals surface area contributed by atoms with Crippen LogP contribution in [0.25, 0.3) is 11.1 Å². The number of benzene rings is 2. The van der Waals surface area contributed by atoms with Crippen LogP contribution in [-0.2, 0) is 0 Å². The third-order valence-corrected chi connectivity index (χ3v) is 6.41. The molecular formula is C23H24N4O2. The van der Waals surface area contributed by atoms with Gasteiger partial charge >= 0.3 is 0 Å². The van der Waals surface area contributed by atoms with Crippen LogP contribution in [0.15, 0.2) is 67.3 Å². The zero-order valence-corrected chi connectivity index (χ0v) is 16.1. The number of aliphatic hydroxyl groups excluding tert-OH is 1. The van der Waals surface area contributed by atoms with E-state index in [0.29, 0.717) is 24.8 Å². The fourth-order valence-electron chi connectivity index (χ4n) is 4.96. The Morgan fingerprint density at radius 3 is 2.45 bits per heavy atom. The molecule has 6 heteroatoms. The number of rotatable bonds is 3. The third-order valence-electron chi connectivity index (χ3n) is 6.41. The number of nitrogens with zero attached hydrogens (tertiary/aromatic N) is 4. The quantitative estimate of drug-likeness (QED) is 0.749. The molecule has 1 amide bonds. The number of carbonyl (C=O) groups is 1. The van der Waals surface area contributed by atoms with Gasteiger partial charge in [0.25, 0.3) is 5.91 Å². The van der Waals surface area contributed by atoms with Crippen LogP contribution >= 0.6 is 0 Å². The van der Waals surface area contributed by atoms with Gasteiger partial charge in [0.2, 0.25) is 0 Å². The predicted octanol–water partition coefficient (Wildman–Crippen LogP) is 3.03. The summed E-state index contributed by atoms with van der Waals surface area (Å²) < 4.78 is 1.76. The lowest BCUT2D eigenvalue weighted by molar-refractivity contribution is 0.0304. The van der Waals surface area contributed by atoms with Crippen molar-refractivity contribution in [3.8, 4) is 11.1 Å². The lowest BCUT2D eigenvalue weighted by Gasteiger charge is -2.34. The second kappa shape index (κ2) is 7.44. The predicted molar refractivity (Wildman–Crippen MR) is 109 cm³/mol. The van der Waals surface area contributed by atoms with E-state index in [-0.39, 0.29) is 11.9 Å². The normalized spacial score (nSPS) is 26.3. The van der Waals surface area contributed by atoms with E-state index in [0.717, 1.165) is 29.7 Å². The number of amides is 1. The van der Waals surface area contributed by atoms with Crippen LogP contribution in [-0.4, -0.2) is 49.9 Å². The van der Waals surface area contributed by atoms with Crippen molar-refractivity contribution < 1.29 is 9.90 Å². The molecule has 1 aliphatic heterocycles. The van der Waals surface area contributed by atoms with Gasteiger partial charge in [-0.1, -0.05) is 48.5 Å². The first-order valence-electron chi connectivity index (χ1n) is 10.2. The maximum Gasteiger partial charge on any atom is 0.254 e. The van der Waals surface area contributed by atoms with Gasteiger partial charge in [0, 0.05) is 18.7 Å². The van der Waals surface area contributed by atoms with Crippen molar-refractivity contribution in [2.75, 3.05) is 13.1 Å². The zero-order valence-electron chi connectivity index (χ0n) is 16.1. The number of carbonyl (C=O) groups excluding carboxylic acids is 1. The van der Waals surface area contributed by atoms with Gasteiger partial charge in [-0.2, -0.15) is 5.10 Å². The lowest BCUT2D eigenvalue weighted by Crippen LogP contribution is -2.36. The highest BCUT2D eigenvalue weighted by atomic mass is 16.3. The van der Waals surface area contributed by atoms with Crippen LogP contribution in [0.3, 0.4) is 0 Å². The molecule has 148 valence electrons. The Kier molecular flexibility index (Phi) is 4.64. The van der Waals surface area contributed by atoms with Crippen LogP contribution in [0.5, 0.6) is 0 Å². The number of aliphatic hydroxyl groups is 1. The van der Waals surface area contributed by atoms with Crippen LogP contribution in [0.4, 0.5) is 0 Å². The molecule has 0 radical (unpaired) electrons. The Bertz CT molecular complexity index is 989. The number of aromatic nitrogens is 3. The molecule has 2 aliphatic rings. The van der Waals surface area contributed by atoms with E-state index in [9.17, 15) is 9.90 Å². The highest BCUT2D eigenvalue weighted by molar-refractivity contribution is 6.01. The fourth-order valence-corrected chi connectivity index (χ4v) is 4.96. The number of fused-ring (bicyclic) bond motifs is 1. The topological polar surface area (TPSA) is 71.2 Å². The monoisotopic (exact) mass is 388 g/mol. The Morgan fingerprint density at radius 2 is 1.69 bits per heavy atom. The van der Waals surface area contributed by atoms with Crippen molar-refractivity contribution in [1.82, 2.24) is 19.7 Å². The van der Waals surface area contributed by atoms with E-state index in [1.807, 2.05) is 59.5 Å². The molecule has 2 aromatic carbocycles. The van der Waals surface area contributed by atoms with Crippen molar-refractivity contribution in [1.29, 1.82) is 0 Å². The fraction of sp³-hybridized carbons (Fsp3) is 0.348. The van der Waals surface area contributed by atoms with Crippen molar-refractivity contribution in [3.63, 3.8) is 0 Å². The van der Waals surface area contributed by atoms with Crippen molar-refractivity contribution >= 4 is 5.91 Å². The van der Waals surface area contributed by atoms with Gasteiger partial charge in [-0.25, -0.2) is 9.67 Å². The van der Waals surface area contributed by atoms with Gasteiger partial charge in [0.1, 0.15) is 12.7 Å². The highest BCUT2D eigenvalue weighted by Gasteiger charge is 2.44. The summed E-state index contributed by atoms with van der Waals surface area (Å²) in [7, 11) is 0. The molecular weight excluding hydrogens is 364 g/mol. The molecule has 0 bridgehead atoms. The largest absolute Gasteiger partial charge is 0.391 e. The first kappa shape index (κ1) is 18.1. The van der Waals surface area contributed by atoms with E-state index >= 15 is 0 Å². The van der Waals surface area contributed by atoms with Crippen molar-refractivity contribution in [2.24, 2.45) is 11.8 Å². The van der Waals surface area contributed by atoms with Crippen LogP contribution in [0.1, 0.15) is 29.2 Å². The zero-order chi connectivity index (χ0) is 19.8. The van der Waals surface area contributed by atoms with Crippen LogP contribution in [0.2, 0.25) is 0 Å². The minimum Gasteiger partial charge on any atom is -0.391 e. The molecule has 0 unspecified atom stereocenters. The number of hydrogen-bond donors (Lipinski definition) is 1. The molecule has 6 nitrogen and oxygen atoms in total. The average Bonchev–Trinajstić information content (AvgIpc) is 3.43. The molecule has 1 saturated carbocycles. The Morgan fingerprint density at radius 1 is 0.966 bits per heavy atom. The summed E-state index contributed by atoms with van der Waals surface area (Å²) in [6, 6.07) is 17.8. The van der Waals surface area contributed by atoms with Gasteiger partial charge in [0.15, 0.2) is 0 Å². The van der Waals surface area contributed by atoms with E-state index in [2.05, 4.69) is 10.1 Å². The van der Waals surface area contributed by atoms with E-state index < -0.39 is 6.10 Å². The highest BCUT2D eigenvalue weighted by Crippen LogP contribution is 2.41. The summed E-state index contributed by atoms with van der Waals surface area (Å²) in [5, 5.41) is 14.8. The molecule has 1 N–H and O–H groups in total. The first-order valence-corrected chi connectivity index (χ1v) is 10.2. The van der Waals surface area contributed by atoms with Gasteiger partial charge < -0.3 is 10.0 Å². The summed E-state index contributed by atoms with van der Waals surface area (Å²) in [6.45, 7) is 1.43. The Labute approximate surface area is 169 Å². The third kappa shape index (κ3) is 3.34. The SMILES string of the molecule is O=C(c1ccccc1-c1ccccc1)N1C[C@H]2C[C@@H](n3cncn3)[C@H](O)C[C@H]2C1. The lowest BCUT2D eigenvalue weighted by atomic mass is 9.77. The average molecular weight is 388 g/mol. The summed E-state index contributed by atoms with van der Waals surface area (Å²) in [4.78, 5) is 19.4. The molecule has 5 rings (SSSR count). The van der Waals surface area contributed by atoms with Crippen molar-refractivity contribution in [3.05, 3.63) is 72.8 Å². The molecule has 3 aromatic rings. The van der Waals surface area contributed by atoms with E-state index in [1.54, 1.807) is 11.0 Å². The number of hydrogen-bond acceptors (Lipinski definition) is 4. The summed E-state index contributed by atoms with van der Waals surface area (Å²) >= 11 is 0. The van der Waals surface area contributed by atoms with Crippen LogP contribution < -0.4 is 0 Å². The second-order valence-electron chi connectivity index (χ2n) is 8.12. The second-order valence-corrected chi connectivity index (χ2v) is 8.12. The molecule has 2 fully saturated rings.